The van der Waals surface area contributed by atoms with Gasteiger partial charge in [0.25, 0.3) is 0 Å². The van der Waals surface area contributed by atoms with Gasteiger partial charge in [0.05, 0.1) is 0 Å². The third-order valence-corrected chi connectivity index (χ3v) is 3.78. The van der Waals surface area contributed by atoms with Crippen LogP contribution < -0.4 is 5.32 Å². The Morgan fingerprint density at radius 1 is 1.00 bits per heavy atom. The Hall–Kier alpha value is -1.60. The van der Waals surface area contributed by atoms with Crippen LogP contribution in [-0.4, -0.2) is 6.54 Å². The first-order chi connectivity index (χ1) is 9.74. The summed E-state index contributed by atoms with van der Waals surface area (Å²) in [6.45, 7) is 7.56. The summed E-state index contributed by atoms with van der Waals surface area (Å²) in [6.07, 6.45) is 2.14. The molecule has 0 bridgehead atoms. The summed E-state index contributed by atoms with van der Waals surface area (Å²) in [5.41, 5.74) is 5.63. The molecule has 1 atom stereocenters. The summed E-state index contributed by atoms with van der Waals surface area (Å²) in [7, 11) is 0. The van der Waals surface area contributed by atoms with Crippen LogP contribution in [0.1, 0.15) is 42.1 Å². The fraction of sp³-hybridized carbons (Fsp3) is 0.368. The first kappa shape index (κ1) is 14.8. The van der Waals surface area contributed by atoms with E-state index < -0.39 is 0 Å². The van der Waals surface area contributed by atoms with Gasteiger partial charge < -0.3 is 5.32 Å². The molecule has 106 valence electrons. The van der Waals surface area contributed by atoms with E-state index in [2.05, 4.69) is 74.6 Å². The number of rotatable bonds is 6. The second-order valence-electron chi connectivity index (χ2n) is 5.36. The van der Waals surface area contributed by atoms with Crippen molar-refractivity contribution in [2.24, 2.45) is 0 Å². The Balaban J connectivity index is 2.26. The number of likely N-dealkylation sites (N-methyl/N-ethyl adjacent to an activating group) is 1. The van der Waals surface area contributed by atoms with Gasteiger partial charge in [-0.25, -0.2) is 0 Å². The van der Waals surface area contributed by atoms with E-state index in [0.717, 1.165) is 19.4 Å². The highest BCUT2D eigenvalue weighted by Crippen LogP contribution is 2.23. The number of aryl methyl sites for hydroxylation is 2. The van der Waals surface area contributed by atoms with Gasteiger partial charge in [-0.1, -0.05) is 67.9 Å². The summed E-state index contributed by atoms with van der Waals surface area (Å²) < 4.78 is 0. The molecule has 1 heteroatoms. The summed E-state index contributed by atoms with van der Waals surface area (Å²) >= 11 is 0. The van der Waals surface area contributed by atoms with Gasteiger partial charge in [0.15, 0.2) is 0 Å². The van der Waals surface area contributed by atoms with Gasteiger partial charge >= 0.3 is 0 Å². The van der Waals surface area contributed by atoms with Crippen molar-refractivity contribution in [3.05, 3.63) is 70.8 Å². The van der Waals surface area contributed by atoms with E-state index in [4.69, 9.17) is 0 Å². The Kier molecular flexibility index (Phi) is 5.37. The average Bonchev–Trinajstić information content (AvgIpc) is 2.47. The van der Waals surface area contributed by atoms with E-state index in [1.54, 1.807) is 0 Å². The van der Waals surface area contributed by atoms with Crippen molar-refractivity contribution in [3.63, 3.8) is 0 Å². The number of nitrogens with one attached hydrogen (secondary N) is 1. The fourth-order valence-electron chi connectivity index (χ4n) is 2.81. The third-order valence-electron chi connectivity index (χ3n) is 3.78. The number of benzene rings is 2. The lowest BCUT2D eigenvalue weighted by molar-refractivity contribution is 0.545. The molecule has 0 aliphatic heterocycles. The van der Waals surface area contributed by atoms with Crippen molar-refractivity contribution in [1.82, 2.24) is 5.32 Å². The van der Waals surface area contributed by atoms with Crippen LogP contribution in [0.3, 0.4) is 0 Å². The van der Waals surface area contributed by atoms with Crippen LogP contribution in [0.4, 0.5) is 0 Å². The molecule has 2 rings (SSSR count). The maximum absolute atomic E-state index is 3.64. The van der Waals surface area contributed by atoms with Gasteiger partial charge in [0.1, 0.15) is 0 Å². The molecule has 0 spiro atoms. The van der Waals surface area contributed by atoms with Crippen molar-refractivity contribution in [2.75, 3.05) is 6.54 Å². The highest BCUT2D eigenvalue weighted by molar-refractivity contribution is 5.32. The van der Waals surface area contributed by atoms with Gasteiger partial charge in [0.2, 0.25) is 0 Å². The van der Waals surface area contributed by atoms with Crippen molar-refractivity contribution in [1.29, 1.82) is 0 Å². The minimum absolute atomic E-state index is 0.401. The fourth-order valence-corrected chi connectivity index (χ4v) is 2.81. The molecule has 2 aromatic carbocycles. The second kappa shape index (κ2) is 7.25. The Bertz CT molecular complexity index is 545. The van der Waals surface area contributed by atoms with E-state index in [9.17, 15) is 0 Å². The molecule has 0 aromatic heterocycles. The zero-order valence-corrected chi connectivity index (χ0v) is 12.8. The molecular weight excluding hydrogens is 242 g/mol. The predicted molar refractivity (Wildman–Crippen MR) is 87.1 cm³/mol. The molecule has 0 radical (unpaired) electrons. The smallest absolute Gasteiger partial charge is 0.0363 e. The normalized spacial score (nSPS) is 12.3. The predicted octanol–water partition coefficient (Wildman–Crippen LogP) is 4.45. The molecular formula is C19H25N. The van der Waals surface area contributed by atoms with Gasteiger partial charge in [-0.3, -0.25) is 0 Å². The Morgan fingerprint density at radius 3 is 2.50 bits per heavy atom. The highest BCUT2D eigenvalue weighted by atomic mass is 14.9. The third kappa shape index (κ3) is 3.71. The maximum Gasteiger partial charge on any atom is 0.0363 e. The standard InChI is InChI=1S/C19H25N/c1-4-17-11-6-7-12-18(17)19(20-5-2)14-16-10-8-9-15(3)13-16/h6-13,19-20H,4-5,14H2,1-3H3. The molecule has 0 saturated heterocycles. The SMILES string of the molecule is CCNC(Cc1cccc(C)c1)c1ccccc1CC. The molecule has 0 amide bonds. The molecule has 1 unspecified atom stereocenters. The quantitative estimate of drug-likeness (QED) is 0.815. The van der Waals surface area contributed by atoms with Crippen molar-refractivity contribution in [3.8, 4) is 0 Å². The van der Waals surface area contributed by atoms with Crippen LogP contribution in [-0.2, 0) is 12.8 Å². The average molecular weight is 267 g/mol. The molecule has 2 aromatic rings. The minimum Gasteiger partial charge on any atom is -0.310 e. The summed E-state index contributed by atoms with van der Waals surface area (Å²) in [5, 5.41) is 3.64. The van der Waals surface area contributed by atoms with E-state index in [0.29, 0.717) is 6.04 Å². The van der Waals surface area contributed by atoms with Crippen molar-refractivity contribution < 1.29 is 0 Å². The zero-order valence-electron chi connectivity index (χ0n) is 12.8. The molecule has 1 nitrogen and oxygen atoms in total. The maximum atomic E-state index is 3.64. The van der Waals surface area contributed by atoms with Crippen LogP contribution in [0.5, 0.6) is 0 Å². The van der Waals surface area contributed by atoms with E-state index in [1.807, 2.05) is 0 Å². The summed E-state index contributed by atoms with van der Waals surface area (Å²) in [6, 6.07) is 18.0. The first-order valence-corrected chi connectivity index (χ1v) is 7.61. The lowest BCUT2D eigenvalue weighted by Crippen LogP contribution is -2.24. The molecule has 0 fully saturated rings. The summed E-state index contributed by atoms with van der Waals surface area (Å²) in [5.74, 6) is 0. The molecule has 20 heavy (non-hydrogen) atoms. The van der Waals surface area contributed by atoms with Gasteiger partial charge in [-0.2, -0.15) is 0 Å². The van der Waals surface area contributed by atoms with E-state index in [-0.39, 0.29) is 0 Å². The monoisotopic (exact) mass is 267 g/mol. The lowest BCUT2D eigenvalue weighted by Gasteiger charge is -2.21. The van der Waals surface area contributed by atoms with Crippen LogP contribution >= 0.6 is 0 Å². The van der Waals surface area contributed by atoms with Gasteiger partial charge in [0, 0.05) is 6.04 Å². The molecule has 0 aliphatic rings. The number of hydrogen-bond donors (Lipinski definition) is 1. The Labute approximate surface area is 123 Å². The lowest BCUT2D eigenvalue weighted by atomic mass is 9.93. The van der Waals surface area contributed by atoms with Crippen molar-refractivity contribution >= 4 is 0 Å². The van der Waals surface area contributed by atoms with Gasteiger partial charge in [-0.15, -0.1) is 0 Å². The van der Waals surface area contributed by atoms with Crippen LogP contribution in [0.2, 0.25) is 0 Å². The van der Waals surface area contributed by atoms with Crippen LogP contribution in [0.15, 0.2) is 48.5 Å². The zero-order chi connectivity index (χ0) is 14.4. The minimum atomic E-state index is 0.401. The topological polar surface area (TPSA) is 12.0 Å². The van der Waals surface area contributed by atoms with E-state index in [1.165, 1.54) is 22.3 Å². The largest absolute Gasteiger partial charge is 0.310 e. The Morgan fingerprint density at radius 2 is 1.80 bits per heavy atom. The summed E-state index contributed by atoms with van der Waals surface area (Å²) in [4.78, 5) is 0. The highest BCUT2D eigenvalue weighted by Gasteiger charge is 2.14. The van der Waals surface area contributed by atoms with E-state index >= 15 is 0 Å². The molecule has 0 heterocycles. The number of hydrogen-bond acceptors (Lipinski definition) is 1. The van der Waals surface area contributed by atoms with Crippen LogP contribution in [0.25, 0.3) is 0 Å². The van der Waals surface area contributed by atoms with Gasteiger partial charge in [-0.05, 0) is 43.0 Å². The van der Waals surface area contributed by atoms with Crippen LogP contribution in [0, 0.1) is 6.92 Å². The molecule has 0 aliphatic carbocycles. The first-order valence-electron chi connectivity index (χ1n) is 7.61. The molecule has 1 N–H and O–H groups in total. The second-order valence-corrected chi connectivity index (χ2v) is 5.36. The van der Waals surface area contributed by atoms with Crippen molar-refractivity contribution in [2.45, 2.75) is 39.7 Å². The molecule has 0 saturated carbocycles.